The van der Waals surface area contributed by atoms with Crippen LogP contribution in [0.4, 0.5) is 5.69 Å². The van der Waals surface area contributed by atoms with Gasteiger partial charge in [0.1, 0.15) is 11.4 Å². The summed E-state index contributed by atoms with van der Waals surface area (Å²) in [5.74, 6) is -0.359. The molecule has 0 unspecified atom stereocenters. The molecule has 0 saturated carbocycles. The number of pyridine rings is 1. The van der Waals surface area contributed by atoms with E-state index in [-0.39, 0.29) is 11.7 Å². The molecule has 0 aliphatic rings. The molecule has 0 fully saturated rings. The van der Waals surface area contributed by atoms with Crippen LogP contribution < -0.4 is 5.32 Å². The Hall–Kier alpha value is -3.93. The molecule has 4 aromatic rings. The summed E-state index contributed by atoms with van der Waals surface area (Å²) in [5.41, 5.74) is 2.81. The fourth-order valence-electron chi connectivity index (χ4n) is 2.74. The molecule has 2 aromatic carbocycles. The molecule has 0 atom stereocenters. The third kappa shape index (κ3) is 3.41. The zero-order valence-corrected chi connectivity index (χ0v) is 14.3. The number of hydrogen-bond acceptors (Lipinski definition) is 4. The van der Waals surface area contributed by atoms with Crippen molar-refractivity contribution in [2.24, 2.45) is 0 Å². The molecule has 0 bridgehead atoms. The van der Waals surface area contributed by atoms with Crippen LogP contribution >= 0.6 is 0 Å². The largest absolute Gasteiger partial charge is 0.506 e. The molecule has 0 saturated heterocycles. The highest BCUT2D eigenvalue weighted by Crippen LogP contribution is 2.26. The first-order chi connectivity index (χ1) is 13.2. The second-order valence-corrected chi connectivity index (χ2v) is 5.88. The lowest BCUT2D eigenvalue weighted by Crippen LogP contribution is -2.12. The summed E-state index contributed by atoms with van der Waals surface area (Å²) < 4.78 is 1.65. The van der Waals surface area contributed by atoms with Gasteiger partial charge in [0, 0.05) is 24.2 Å². The smallest absolute Gasteiger partial charge is 0.259 e. The quantitative estimate of drug-likeness (QED) is 0.544. The van der Waals surface area contributed by atoms with E-state index >= 15 is 0 Å². The number of amides is 1. The Morgan fingerprint density at radius 3 is 2.48 bits per heavy atom. The van der Waals surface area contributed by atoms with Gasteiger partial charge < -0.3 is 10.4 Å². The van der Waals surface area contributed by atoms with E-state index in [9.17, 15) is 9.90 Å². The molecular formula is C21H16N4O2. The predicted molar refractivity (Wildman–Crippen MR) is 103 cm³/mol. The Kier molecular flexibility index (Phi) is 4.37. The lowest BCUT2D eigenvalue weighted by Gasteiger charge is -2.06. The van der Waals surface area contributed by atoms with Gasteiger partial charge in [0.05, 0.1) is 16.9 Å². The van der Waals surface area contributed by atoms with E-state index in [1.807, 2.05) is 36.4 Å². The Morgan fingerprint density at radius 1 is 0.963 bits per heavy atom. The summed E-state index contributed by atoms with van der Waals surface area (Å²) in [6.07, 6.45) is 5.00. The van der Waals surface area contributed by atoms with Gasteiger partial charge in [-0.3, -0.25) is 9.78 Å². The summed E-state index contributed by atoms with van der Waals surface area (Å²) in [6, 6.07) is 19.8. The van der Waals surface area contributed by atoms with Gasteiger partial charge in [0.2, 0.25) is 0 Å². The number of phenolic OH excluding ortho intramolecular Hbond substituents is 1. The average Bonchev–Trinajstić information content (AvgIpc) is 3.17. The summed E-state index contributed by atoms with van der Waals surface area (Å²) in [4.78, 5) is 17.0. The van der Waals surface area contributed by atoms with Crippen LogP contribution in [0.1, 0.15) is 10.4 Å². The molecule has 6 nitrogen and oxygen atoms in total. The van der Waals surface area contributed by atoms with Crippen LogP contribution in [0.3, 0.4) is 0 Å². The fraction of sp³-hybridized carbons (Fsp3) is 0. The monoisotopic (exact) mass is 356 g/mol. The molecule has 4 rings (SSSR count). The number of hydrogen-bond donors (Lipinski definition) is 2. The van der Waals surface area contributed by atoms with Crippen molar-refractivity contribution < 1.29 is 9.90 Å². The predicted octanol–water partition coefficient (Wildman–Crippen LogP) is 3.89. The third-order valence-corrected chi connectivity index (χ3v) is 4.07. The average molecular weight is 356 g/mol. The molecule has 0 radical (unpaired) electrons. The first kappa shape index (κ1) is 16.5. The maximum Gasteiger partial charge on any atom is 0.259 e. The topological polar surface area (TPSA) is 80.0 Å². The SMILES string of the molecule is O=C(Nc1ccccc1O)c1cn(-c2ccccc2)nc1-c1cccnc1. The van der Waals surface area contributed by atoms with E-state index in [0.717, 1.165) is 11.3 Å². The zero-order chi connectivity index (χ0) is 18.6. The van der Waals surface area contributed by atoms with Gasteiger partial charge in [0.15, 0.2) is 0 Å². The van der Waals surface area contributed by atoms with Gasteiger partial charge in [0.25, 0.3) is 5.91 Å². The van der Waals surface area contributed by atoms with Crippen molar-refractivity contribution in [2.45, 2.75) is 0 Å². The van der Waals surface area contributed by atoms with Gasteiger partial charge in [-0.25, -0.2) is 4.68 Å². The van der Waals surface area contributed by atoms with Crippen molar-refractivity contribution in [1.29, 1.82) is 0 Å². The molecule has 2 N–H and O–H groups in total. The third-order valence-electron chi connectivity index (χ3n) is 4.07. The molecular weight excluding hydrogens is 340 g/mol. The molecule has 1 amide bonds. The summed E-state index contributed by atoms with van der Waals surface area (Å²) in [5, 5.41) is 17.3. The van der Waals surface area contributed by atoms with Gasteiger partial charge in [-0.05, 0) is 36.4 Å². The molecule has 0 aliphatic carbocycles. The summed E-state index contributed by atoms with van der Waals surface area (Å²) in [6.45, 7) is 0. The minimum atomic E-state index is -0.363. The van der Waals surface area contributed by atoms with Gasteiger partial charge >= 0.3 is 0 Å². The van der Waals surface area contributed by atoms with E-state index in [1.54, 1.807) is 47.5 Å². The Balaban J connectivity index is 1.77. The summed E-state index contributed by atoms with van der Waals surface area (Å²) in [7, 11) is 0. The van der Waals surface area contributed by atoms with Gasteiger partial charge in [-0.15, -0.1) is 0 Å². The number of aromatic nitrogens is 3. The number of aromatic hydroxyl groups is 1. The van der Waals surface area contributed by atoms with Crippen molar-refractivity contribution in [3.63, 3.8) is 0 Å². The van der Waals surface area contributed by atoms with Crippen molar-refractivity contribution in [3.05, 3.63) is 90.9 Å². The molecule has 6 heteroatoms. The second kappa shape index (κ2) is 7.13. The van der Waals surface area contributed by atoms with Crippen LogP contribution in [-0.4, -0.2) is 25.8 Å². The Bertz CT molecular complexity index is 1080. The minimum absolute atomic E-state index is 0.00392. The van der Waals surface area contributed by atoms with Crippen molar-refractivity contribution in [1.82, 2.24) is 14.8 Å². The maximum absolute atomic E-state index is 12.9. The first-order valence-corrected chi connectivity index (χ1v) is 8.37. The minimum Gasteiger partial charge on any atom is -0.506 e. The van der Waals surface area contributed by atoms with E-state index in [4.69, 9.17) is 0 Å². The van der Waals surface area contributed by atoms with E-state index < -0.39 is 0 Å². The number of nitrogens with one attached hydrogen (secondary N) is 1. The summed E-state index contributed by atoms with van der Waals surface area (Å²) >= 11 is 0. The number of anilines is 1. The van der Waals surface area contributed by atoms with Crippen molar-refractivity contribution in [3.8, 4) is 22.7 Å². The maximum atomic E-state index is 12.9. The number of benzene rings is 2. The van der Waals surface area contributed by atoms with Crippen molar-refractivity contribution in [2.75, 3.05) is 5.32 Å². The molecule has 2 heterocycles. The Morgan fingerprint density at radius 2 is 1.74 bits per heavy atom. The number of phenols is 1. The number of nitrogens with zero attached hydrogens (tertiary/aromatic N) is 3. The number of para-hydroxylation sites is 3. The van der Waals surface area contributed by atoms with Crippen LogP contribution in [0.25, 0.3) is 16.9 Å². The zero-order valence-electron chi connectivity index (χ0n) is 14.3. The van der Waals surface area contributed by atoms with Gasteiger partial charge in [-0.2, -0.15) is 5.10 Å². The molecule has 27 heavy (non-hydrogen) atoms. The Labute approximate surface area is 155 Å². The first-order valence-electron chi connectivity index (χ1n) is 8.37. The lowest BCUT2D eigenvalue weighted by atomic mass is 10.1. The van der Waals surface area contributed by atoms with Gasteiger partial charge in [-0.1, -0.05) is 30.3 Å². The number of carbonyl (C=O) groups is 1. The van der Waals surface area contributed by atoms with Crippen molar-refractivity contribution >= 4 is 11.6 Å². The highest BCUT2D eigenvalue weighted by molar-refractivity contribution is 6.08. The van der Waals surface area contributed by atoms with E-state index in [0.29, 0.717) is 16.9 Å². The lowest BCUT2D eigenvalue weighted by molar-refractivity contribution is 0.102. The van der Waals surface area contributed by atoms with Crippen LogP contribution in [0.5, 0.6) is 5.75 Å². The number of carbonyl (C=O) groups excluding carboxylic acids is 1. The van der Waals surface area contributed by atoms with E-state index in [1.165, 1.54) is 6.07 Å². The van der Waals surface area contributed by atoms with Crippen LogP contribution in [0.2, 0.25) is 0 Å². The number of rotatable bonds is 4. The van der Waals surface area contributed by atoms with Crippen LogP contribution in [0.15, 0.2) is 85.3 Å². The second-order valence-electron chi connectivity index (χ2n) is 5.88. The van der Waals surface area contributed by atoms with E-state index in [2.05, 4.69) is 15.4 Å². The van der Waals surface area contributed by atoms with Crippen LogP contribution in [0, 0.1) is 0 Å². The standard InChI is InChI=1S/C21H16N4O2/c26-19-11-5-4-10-18(19)23-21(27)17-14-25(16-8-2-1-3-9-16)24-20(17)15-7-6-12-22-13-15/h1-14,26H,(H,23,27). The van der Waals surface area contributed by atoms with Crippen LogP contribution in [-0.2, 0) is 0 Å². The molecule has 132 valence electrons. The molecule has 0 aliphatic heterocycles. The molecule has 2 aromatic heterocycles. The highest BCUT2D eigenvalue weighted by Gasteiger charge is 2.19. The normalized spacial score (nSPS) is 10.5. The highest BCUT2D eigenvalue weighted by atomic mass is 16.3. The fourth-order valence-corrected chi connectivity index (χ4v) is 2.74. The molecule has 0 spiro atoms.